The number of alkyl halides is 3. The van der Waals surface area contributed by atoms with E-state index < -0.39 is 17.7 Å². The Hall–Kier alpha value is -2.22. The van der Waals surface area contributed by atoms with Gasteiger partial charge < -0.3 is 9.94 Å². The van der Waals surface area contributed by atoms with Gasteiger partial charge in [0.05, 0.1) is 5.56 Å². The van der Waals surface area contributed by atoms with Crippen LogP contribution in [0.2, 0.25) is 10.0 Å². The number of carbonyl (C=O) groups is 1. The first-order valence-corrected chi connectivity index (χ1v) is 8.33. The minimum Gasteiger partial charge on any atom is -0.478 e. The van der Waals surface area contributed by atoms with Gasteiger partial charge >= 0.3 is 12.1 Å². The van der Waals surface area contributed by atoms with Crippen LogP contribution in [0.3, 0.4) is 0 Å². The van der Waals surface area contributed by atoms with Gasteiger partial charge in [0.2, 0.25) is 0 Å². The lowest BCUT2D eigenvalue weighted by atomic mass is 9.89. The van der Waals surface area contributed by atoms with E-state index in [1.807, 2.05) is 5.48 Å². The van der Waals surface area contributed by atoms with Gasteiger partial charge in [-0.1, -0.05) is 29.3 Å². The lowest BCUT2D eigenvalue weighted by Crippen LogP contribution is -2.49. The number of aryl methyl sites for hydroxylation is 1. The van der Waals surface area contributed by atoms with Crippen molar-refractivity contribution in [3.63, 3.8) is 0 Å². The smallest absolute Gasteiger partial charge is 0.417 e. The molecule has 2 N–H and O–H groups in total. The Morgan fingerprint density at radius 1 is 1.15 bits per heavy atom. The van der Waals surface area contributed by atoms with E-state index >= 15 is 0 Å². The highest BCUT2D eigenvalue weighted by molar-refractivity contribution is 6.34. The molecular formula is C18H12Cl2F3NO3. The molecule has 1 aliphatic heterocycles. The van der Waals surface area contributed by atoms with Crippen LogP contribution in [-0.2, 0) is 10.4 Å². The maximum atomic E-state index is 14.0. The summed E-state index contributed by atoms with van der Waals surface area (Å²) in [5.41, 5.74) is -0.122. The van der Waals surface area contributed by atoms with Crippen LogP contribution >= 0.6 is 23.2 Å². The van der Waals surface area contributed by atoms with Crippen LogP contribution in [0, 0.1) is 6.92 Å². The fourth-order valence-electron chi connectivity index (χ4n) is 2.82. The average molecular weight is 418 g/mol. The van der Waals surface area contributed by atoms with Crippen molar-refractivity contribution in [2.24, 2.45) is 0 Å². The number of nitrogens with one attached hydrogen (secondary N) is 1. The van der Waals surface area contributed by atoms with Crippen molar-refractivity contribution >= 4 is 34.9 Å². The molecule has 1 unspecified atom stereocenters. The second-order valence-electron chi connectivity index (χ2n) is 6.01. The van der Waals surface area contributed by atoms with Gasteiger partial charge in [0.15, 0.2) is 11.3 Å². The Morgan fingerprint density at radius 2 is 1.78 bits per heavy atom. The van der Waals surface area contributed by atoms with Crippen LogP contribution in [0.1, 0.15) is 27.0 Å². The number of benzene rings is 2. The van der Waals surface area contributed by atoms with Gasteiger partial charge in [-0.3, -0.25) is 0 Å². The number of carboxylic acids is 1. The second-order valence-corrected chi connectivity index (χ2v) is 6.88. The van der Waals surface area contributed by atoms with Crippen molar-refractivity contribution in [1.29, 1.82) is 0 Å². The zero-order valence-electron chi connectivity index (χ0n) is 13.7. The molecule has 0 fully saturated rings. The zero-order chi connectivity index (χ0) is 20.0. The summed E-state index contributed by atoms with van der Waals surface area (Å²) in [6, 6.07) is 7.74. The van der Waals surface area contributed by atoms with Gasteiger partial charge in [-0.05, 0) is 54.5 Å². The maximum absolute atomic E-state index is 14.0. The molecule has 2 aromatic carbocycles. The standard InChI is InChI=1S/C18H12Cl2F3NO3/c1-9-4-10(2-3-14(9)16(25)26)15-8-17(24-27-15,18(21,22)23)11-5-12(19)7-13(20)6-11/h2-8,24H,1H3,(H,25,26). The Balaban J connectivity index is 2.12. The fraction of sp³-hybridized carbons (Fsp3) is 0.167. The number of aromatic carboxylic acids is 1. The predicted molar refractivity (Wildman–Crippen MR) is 94.5 cm³/mol. The molecule has 9 heteroatoms. The van der Waals surface area contributed by atoms with E-state index in [9.17, 15) is 18.0 Å². The van der Waals surface area contributed by atoms with E-state index in [1.54, 1.807) is 6.92 Å². The summed E-state index contributed by atoms with van der Waals surface area (Å²) in [4.78, 5) is 16.2. The van der Waals surface area contributed by atoms with Crippen LogP contribution in [0.4, 0.5) is 13.2 Å². The number of rotatable bonds is 3. The zero-order valence-corrected chi connectivity index (χ0v) is 15.2. The molecule has 0 aromatic heterocycles. The van der Waals surface area contributed by atoms with E-state index in [-0.39, 0.29) is 26.9 Å². The third-order valence-electron chi connectivity index (χ3n) is 4.18. The normalized spacial score (nSPS) is 19.6. The number of carboxylic acid groups (broad SMARTS) is 1. The van der Waals surface area contributed by atoms with E-state index in [0.29, 0.717) is 11.1 Å². The summed E-state index contributed by atoms with van der Waals surface area (Å²) in [5.74, 6) is -1.22. The Bertz CT molecular complexity index is 939. The third-order valence-corrected chi connectivity index (χ3v) is 4.61. The van der Waals surface area contributed by atoms with Crippen LogP contribution in [0.25, 0.3) is 5.76 Å². The van der Waals surface area contributed by atoms with Gasteiger partial charge in [-0.2, -0.15) is 13.2 Å². The molecule has 0 radical (unpaired) electrons. The highest BCUT2D eigenvalue weighted by Crippen LogP contribution is 2.46. The maximum Gasteiger partial charge on any atom is 0.417 e. The van der Waals surface area contributed by atoms with E-state index in [1.165, 1.54) is 24.3 Å². The van der Waals surface area contributed by atoms with Gasteiger partial charge in [-0.25, -0.2) is 4.79 Å². The highest BCUT2D eigenvalue weighted by Gasteiger charge is 2.58. The van der Waals surface area contributed by atoms with Crippen molar-refractivity contribution in [3.05, 3.63) is 74.8 Å². The first-order chi connectivity index (χ1) is 12.5. The lowest BCUT2D eigenvalue weighted by Gasteiger charge is -2.29. The van der Waals surface area contributed by atoms with Crippen LogP contribution in [0.15, 0.2) is 42.5 Å². The van der Waals surface area contributed by atoms with E-state index in [0.717, 1.165) is 18.2 Å². The molecule has 2 aromatic rings. The monoisotopic (exact) mass is 417 g/mol. The lowest BCUT2D eigenvalue weighted by molar-refractivity contribution is -0.201. The minimum atomic E-state index is -4.77. The van der Waals surface area contributed by atoms with Crippen molar-refractivity contribution in [1.82, 2.24) is 5.48 Å². The Kier molecular flexibility index (Phi) is 4.88. The van der Waals surface area contributed by atoms with Crippen molar-refractivity contribution < 1.29 is 27.9 Å². The molecule has 4 nitrogen and oxygen atoms in total. The van der Waals surface area contributed by atoms with Crippen molar-refractivity contribution in [2.45, 2.75) is 18.6 Å². The van der Waals surface area contributed by atoms with E-state index in [2.05, 4.69) is 0 Å². The molecule has 1 aliphatic rings. The van der Waals surface area contributed by atoms with Crippen LogP contribution in [0.5, 0.6) is 0 Å². The van der Waals surface area contributed by atoms with Gasteiger partial charge in [0, 0.05) is 15.6 Å². The molecule has 0 saturated carbocycles. The molecule has 142 valence electrons. The predicted octanol–water partition coefficient (Wildman–Crippen LogP) is 5.33. The molecule has 0 spiro atoms. The molecule has 3 rings (SSSR count). The summed E-state index contributed by atoms with van der Waals surface area (Å²) in [6.45, 7) is 1.55. The molecule has 0 saturated heterocycles. The highest BCUT2D eigenvalue weighted by atomic mass is 35.5. The molecule has 27 heavy (non-hydrogen) atoms. The average Bonchev–Trinajstić information content (AvgIpc) is 3.00. The summed E-state index contributed by atoms with van der Waals surface area (Å²) in [7, 11) is 0. The number of hydrogen-bond donors (Lipinski definition) is 2. The summed E-state index contributed by atoms with van der Waals surface area (Å²) >= 11 is 11.7. The third kappa shape index (κ3) is 3.50. The summed E-state index contributed by atoms with van der Waals surface area (Å²) in [5, 5.41) is 9.18. The number of halogens is 5. The molecule has 0 amide bonds. The largest absolute Gasteiger partial charge is 0.478 e. The van der Waals surface area contributed by atoms with Crippen molar-refractivity contribution in [2.75, 3.05) is 0 Å². The SMILES string of the molecule is Cc1cc(C2=CC(c3cc(Cl)cc(Cl)c3)(C(F)(F)F)NO2)ccc1C(=O)O. The Morgan fingerprint density at radius 3 is 2.30 bits per heavy atom. The van der Waals surface area contributed by atoms with Gasteiger partial charge in [-0.15, -0.1) is 5.48 Å². The molecule has 0 aliphatic carbocycles. The van der Waals surface area contributed by atoms with E-state index in [4.69, 9.17) is 33.1 Å². The van der Waals surface area contributed by atoms with Crippen LogP contribution < -0.4 is 5.48 Å². The first-order valence-electron chi connectivity index (χ1n) is 7.58. The van der Waals surface area contributed by atoms with Crippen LogP contribution in [-0.4, -0.2) is 17.3 Å². The molecule has 0 bridgehead atoms. The fourth-order valence-corrected chi connectivity index (χ4v) is 3.34. The van der Waals surface area contributed by atoms with Gasteiger partial charge in [0.1, 0.15) is 0 Å². The summed E-state index contributed by atoms with van der Waals surface area (Å²) < 4.78 is 41.9. The minimum absolute atomic E-state index is 0.0476. The van der Waals surface area contributed by atoms with Gasteiger partial charge in [0.25, 0.3) is 0 Å². The molecule has 1 heterocycles. The number of hydroxylamine groups is 1. The van der Waals surface area contributed by atoms with Crippen molar-refractivity contribution in [3.8, 4) is 0 Å². The number of hydrogen-bond acceptors (Lipinski definition) is 3. The first kappa shape index (κ1) is 19.5. The molecule has 1 atom stereocenters. The molecular weight excluding hydrogens is 406 g/mol. The summed E-state index contributed by atoms with van der Waals surface area (Å²) in [6.07, 6.45) is -3.89. The topological polar surface area (TPSA) is 58.6 Å². The Labute approximate surface area is 162 Å². The quantitative estimate of drug-likeness (QED) is 0.707. The second kappa shape index (κ2) is 6.74.